The van der Waals surface area contributed by atoms with Crippen LogP contribution in [-0.2, 0) is 6.42 Å². The maximum Gasteiger partial charge on any atom is 0.232 e. The van der Waals surface area contributed by atoms with E-state index in [1.807, 2.05) is 6.20 Å². The molecular formula is C14H25N3O. The molecule has 1 N–H and O–H groups in total. The molecule has 1 atom stereocenters. The smallest absolute Gasteiger partial charge is 0.232 e. The summed E-state index contributed by atoms with van der Waals surface area (Å²) in [6, 6.07) is 0.482. The van der Waals surface area contributed by atoms with Gasteiger partial charge in [0.15, 0.2) is 0 Å². The first kappa shape index (κ1) is 14.9. The molecule has 102 valence electrons. The fraction of sp³-hybridized carbons (Fsp3) is 0.714. The van der Waals surface area contributed by atoms with Gasteiger partial charge in [0.1, 0.15) is 0 Å². The first-order valence-corrected chi connectivity index (χ1v) is 6.97. The zero-order valence-electron chi connectivity index (χ0n) is 11.8. The third kappa shape index (κ3) is 5.45. The van der Waals surface area contributed by atoms with Crippen molar-refractivity contribution in [1.82, 2.24) is 15.3 Å². The Morgan fingerprint density at radius 1 is 1.22 bits per heavy atom. The van der Waals surface area contributed by atoms with Crippen LogP contribution in [0.15, 0.2) is 12.4 Å². The molecule has 4 heteroatoms. The molecule has 0 bridgehead atoms. The van der Waals surface area contributed by atoms with Crippen LogP contribution >= 0.6 is 0 Å². The second kappa shape index (κ2) is 8.86. The van der Waals surface area contributed by atoms with Gasteiger partial charge in [0.05, 0.1) is 18.5 Å². The van der Waals surface area contributed by atoms with Crippen molar-refractivity contribution in [3.63, 3.8) is 0 Å². The summed E-state index contributed by atoms with van der Waals surface area (Å²) in [5.74, 6) is 0.640. The lowest BCUT2D eigenvalue weighted by atomic mass is 10.1. The monoisotopic (exact) mass is 251 g/mol. The maximum absolute atomic E-state index is 5.50. The van der Waals surface area contributed by atoms with E-state index in [0.29, 0.717) is 18.5 Å². The molecule has 1 unspecified atom stereocenters. The van der Waals surface area contributed by atoms with Crippen LogP contribution in [0.3, 0.4) is 0 Å². The minimum atomic E-state index is 0.482. The number of hydrogen-bond acceptors (Lipinski definition) is 4. The summed E-state index contributed by atoms with van der Waals surface area (Å²) >= 11 is 0. The van der Waals surface area contributed by atoms with Gasteiger partial charge >= 0.3 is 0 Å². The lowest BCUT2D eigenvalue weighted by Gasteiger charge is -2.16. The van der Waals surface area contributed by atoms with E-state index in [-0.39, 0.29) is 0 Å². The zero-order chi connectivity index (χ0) is 13.2. The topological polar surface area (TPSA) is 47.0 Å². The zero-order valence-corrected chi connectivity index (χ0v) is 11.8. The van der Waals surface area contributed by atoms with Gasteiger partial charge in [0.2, 0.25) is 5.88 Å². The van der Waals surface area contributed by atoms with Crippen molar-refractivity contribution in [3.8, 4) is 5.88 Å². The highest BCUT2D eigenvalue weighted by Gasteiger charge is 2.09. The molecule has 0 radical (unpaired) electrons. The summed E-state index contributed by atoms with van der Waals surface area (Å²) in [7, 11) is 0. The van der Waals surface area contributed by atoms with Gasteiger partial charge in [-0.15, -0.1) is 0 Å². The van der Waals surface area contributed by atoms with Crippen molar-refractivity contribution >= 4 is 0 Å². The molecule has 0 amide bonds. The highest BCUT2D eigenvalue weighted by molar-refractivity contribution is 5.09. The summed E-state index contributed by atoms with van der Waals surface area (Å²) in [6.07, 6.45) is 7.76. The number of ether oxygens (including phenoxy) is 1. The van der Waals surface area contributed by atoms with E-state index in [1.165, 1.54) is 6.42 Å². The Labute approximate surface area is 110 Å². The van der Waals surface area contributed by atoms with Gasteiger partial charge in [-0.05, 0) is 19.4 Å². The summed E-state index contributed by atoms with van der Waals surface area (Å²) in [6.45, 7) is 8.11. The van der Waals surface area contributed by atoms with E-state index in [4.69, 9.17) is 4.74 Å². The summed E-state index contributed by atoms with van der Waals surface area (Å²) in [4.78, 5) is 8.69. The average molecular weight is 251 g/mol. The number of likely N-dealkylation sites (N-methyl/N-ethyl adjacent to an activating group) is 1. The lowest BCUT2D eigenvalue weighted by Crippen LogP contribution is -2.31. The molecule has 4 nitrogen and oxygen atoms in total. The molecule has 0 saturated heterocycles. The predicted octanol–water partition coefficient (Wildman–Crippen LogP) is 2.59. The van der Waals surface area contributed by atoms with Gasteiger partial charge in [-0.2, -0.15) is 0 Å². The number of nitrogens with zero attached hydrogens (tertiary/aromatic N) is 2. The van der Waals surface area contributed by atoms with Gasteiger partial charge in [-0.3, -0.25) is 4.98 Å². The SMILES string of the molecule is CCCOc1cncc(CC(CCC)NCC)n1. The second-order valence-corrected chi connectivity index (χ2v) is 4.44. The van der Waals surface area contributed by atoms with Crippen LogP contribution in [0.1, 0.15) is 45.7 Å². The summed E-state index contributed by atoms with van der Waals surface area (Å²) < 4.78 is 5.50. The normalized spacial score (nSPS) is 12.4. The number of hydrogen-bond donors (Lipinski definition) is 1. The van der Waals surface area contributed by atoms with Crippen molar-refractivity contribution in [2.24, 2.45) is 0 Å². The van der Waals surface area contributed by atoms with Gasteiger partial charge in [0, 0.05) is 18.7 Å². The fourth-order valence-corrected chi connectivity index (χ4v) is 1.93. The molecular weight excluding hydrogens is 226 g/mol. The molecule has 18 heavy (non-hydrogen) atoms. The molecule has 0 aliphatic heterocycles. The first-order chi connectivity index (χ1) is 8.80. The van der Waals surface area contributed by atoms with Crippen LogP contribution < -0.4 is 10.1 Å². The Bertz CT molecular complexity index is 325. The van der Waals surface area contributed by atoms with E-state index in [1.54, 1.807) is 6.20 Å². The van der Waals surface area contributed by atoms with Gasteiger partial charge in [-0.1, -0.05) is 27.2 Å². The van der Waals surface area contributed by atoms with Crippen molar-refractivity contribution < 1.29 is 4.74 Å². The summed E-state index contributed by atoms with van der Waals surface area (Å²) in [5, 5.41) is 3.49. The summed E-state index contributed by atoms with van der Waals surface area (Å²) in [5.41, 5.74) is 1.00. The molecule has 0 aromatic carbocycles. The average Bonchev–Trinajstić information content (AvgIpc) is 2.37. The van der Waals surface area contributed by atoms with Crippen LogP contribution in [0.2, 0.25) is 0 Å². The van der Waals surface area contributed by atoms with E-state index < -0.39 is 0 Å². The van der Waals surface area contributed by atoms with E-state index in [0.717, 1.165) is 31.5 Å². The van der Waals surface area contributed by atoms with Crippen LogP contribution in [0.25, 0.3) is 0 Å². The molecule has 1 heterocycles. The van der Waals surface area contributed by atoms with Crippen LogP contribution in [0.5, 0.6) is 5.88 Å². The molecule has 0 saturated carbocycles. The Morgan fingerprint density at radius 3 is 2.72 bits per heavy atom. The van der Waals surface area contributed by atoms with E-state index in [9.17, 15) is 0 Å². The fourth-order valence-electron chi connectivity index (χ4n) is 1.93. The molecule has 1 aromatic rings. The minimum absolute atomic E-state index is 0.482. The predicted molar refractivity (Wildman–Crippen MR) is 73.9 cm³/mol. The highest BCUT2D eigenvalue weighted by Crippen LogP contribution is 2.09. The van der Waals surface area contributed by atoms with Crippen LogP contribution in [0, 0.1) is 0 Å². The molecule has 0 spiro atoms. The number of rotatable bonds is 9. The van der Waals surface area contributed by atoms with Crippen molar-refractivity contribution in [1.29, 1.82) is 0 Å². The molecule has 0 fully saturated rings. The largest absolute Gasteiger partial charge is 0.477 e. The quantitative estimate of drug-likeness (QED) is 0.733. The molecule has 0 aliphatic carbocycles. The van der Waals surface area contributed by atoms with Crippen LogP contribution in [0.4, 0.5) is 0 Å². The Kier molecular flexibility index (Phi) is 7.34. The van der Waals surface area contributed by atoms with Gasteiger partial charge in [0.25, 0.3) is 0 Å². The van der Waals surface area contributed by atoms with E-state index in [2.05, 4.69) is 36.1 Å². The number of aromatic nitrogens is 2. The highest BCUT2D eigenvalue weighted by atomic mass is 16.5. The Hall–Kier alpha value is -1.16. The van der Waals surface area contributed by atoms with Gasteiger partial charge < -0.3 is 10.1 Å². The standard InChI is InChI=1S/C14H25N3O/c1-4-7-12(16-6-3)9-13-10-15-11-14(17-13)18-8-5-2/h10-12,16H,4-9H2,1-3H3. The minimum Gasteiger partial charge on any atom is -0.477 e. The van der Waals surface area contributed by atoms with Crippen molar-refractivity contribution in [2.45, 2.75) is 52.5 Å². The third-order valence-electron chi connectivity index (χ3n) is 2.70. The molecule has 0 aliphatic rings. The Morgan fingerprint density at radius 2 is 2.06 bits per heavy atom. The van der Waals surface area contributed by atoms with Crippen LogP contribution in [-0.4, -0.2) is 29.2 Å². The number of nitrogens with one attached hydrogen (secondary N) is 1. The third-order valence-corrected chi connectivity index (χ3v) is 2.70. The van der Waals surface area contributed by atoms with Gasteiger partial charge in [-0.25, -0.2) is 4.98 Å². The van der Waals surface area contributed by atoms with Crippen molar-refractivity contribution in [3.05, 3.63) is 18.1 Å². The van der Waals surface area contributed by atoms with E-state index >= 15 is 0 Å². The second-order valence-electron chi connectivity index (χ2n) is 4.44. The Balaban J connectivity index is 2.58. The first-order valence-electron chi connectivity index (χ1n) is 6.97. The lowest BCUT2D eigenvalue weighted by molar-refractivity contribution is 0.302. The molecule has 1 rings (SSSR count). The molecule has 1 aromatic heterocycles. The maximum atomic E-state index is 5.50. The van der Waals surface area contributed by atoms with Crippen molar-refractivity contribution in [2.75, 3.05) is 13.2 Å².